The van der Waals surface area contributed by atoms with E-state index in [1.54, 1.807) is 33.5 Å². The molecule has 154 valence electrons. The number of rotatable bonds is 5. The average Bonchev–Trinajstić information content (AvgIpc) is 2.99. The molecule has 1 aromatic carbocycles. The third-order valence-corrected chi connectivity index (χ3v) is 5.40. The van der Waals surface area contributed by atoms with Gasteiger partial charge in [-0.25, -0.2) is 4.68 Å². The molecule has 2 aromatic rings. The van der Waals surface area contributed by atoms with Crippen LogP contribution in [0.4, 0.5) is 0 Å². The summed E-state index contributed by atoms with van der Waals surface area (Å²) in [4.78, 5) is 38.6. The van der Waals surface area contributed by atoms with Crippen molar-refractivity contribution in [1.29, 1.82) is 0 Å². The first-order valence-electron chi connectivity index (χ1n) is 9.70. The smallest absolute Gasteiger partial charge is 0.303 e. The van der Waals surface area contributed by atoms with Crippen LogP contribution in [-0.2, 0) is 16.0 Å². The van der Waals surface area contributed by atoms with Crippen molar-refractivity contribution >= 4 is 17.8 Å². The third kappa shape index (κ3) is 4.47. The molecule has 8 heteroatoms. The number of carbonyl (C=O) groups is 3. The molecule has 8 nitrogen and oxygen atoms in total. The summed E-state index contributed by atoms with van der Waals surface area (Å²) in [5.41, 5.74) is 4.08. The Kier molecular flexibility index (Phi) is 6.00. The van der Waals surface area contributed by atoms with Crippen molar-refractivity contribution < 1.29 is 19.5 Å². The summed E-state index contributed by atoms with van der Waals surface area (Å²) in [6.07, 6.45) is 0.507. The van der Waals surface area contributed by atoms with Gasteiger partial charge < -0.3 is 14.9 Å². The van der Waals surface area contributed by atoms with Gasteiger partial charge >= 0.3 is 5.97 Å². The zero-order valence-corrected chi connectivity index (χ0v) is 17.0. The number of piperazine rings is 1. The van der Waals surface area contributed by atoms with E-state index < -0.39 is 5.97 Å². The van der Waals surface area contributed by atoms with Crippen molar-refractivity contribution in [3.63, 3.8) is 0 Å². The fraction of sp³-hybridized carbons (Fsp3) is 0.429. The van der Waals surface area contributed by atoms with Gasteiger partial charge in [0.15, 0.2) is 0 Å². The van der Waals surface area contributed by atoms with Crippen molar-refractivity contribution in [3.8, 4) is 5.69 Å². The number of aliphatic carboxylic acids is 1. The average molecular weight is 398 g/mol. The highest BCUT2D eigenvalue weighted by Crippen LogP contribution is 2.20. The zero-order chi connectivity index (χ0) is 21.1. The highest BCUT2D eigenvalue weighted by atomic mass is 16.4. The molecule has 0 spiro atoms. The van der Waals surface area contributed by atoms with E-state index in [1.807, 2.05) is 26.0 Å². The van der Waals surface area contributed by atoms with Gasteiger partial charge in [-0.3, -0.25) is 14.4 Å². The van der Waals surface area contributed by atoms with Gasteiger partial charge in [0.1, 0.15) is 0 Å². The molecule has 0 radical (unpaired) electrons. The Morgan fingerprint density at radius 3 is 2.14 bits per heavy atom. The summed E-state index contributed by atoms with van der Waals surface area (Å²) < 4.78 is 1.78. The Balaban J connectivity index is 1.72. The van der Waals surface area contributed by atoms with Crippen LogP contribution in [0.2, 0.25) is 0 Å². The van der Waals surface area contributed by atoms with Gasteiger partial charge in [0.25, 0.3) is 5.91 Å². The van der Waals surface area contributed by atoms with Crippen molar-refractivity contribution in [2.75, 3.05) is 26.2 Å². The maximum Gasteiger partial charge on any atom is 0.303 e. The van der Waals surface area contributed by atoms with E-state index in [9.17, 15) is 14.4 Å². The van der Waals surface area contributed by atoms with Gasteiger partial charge in [0, 0.05) is 50.8 Å². The van der Waals surface area contributed by atoms with Crippen LogP contribution in [0.15, 0.2) is 24.3 Å². The fourth-order valence-corrected chi connectivity index (χ4v) is 3.67. The molecule has 0 unspecified atom stereocenters. The van der Waals surface area contributed by atoms with Crippen molar-refractivity contribution in [3.05, 3.63) is 46.8 Å². The second-order valence-electron chi connectivity index (χ2n) is 7.30. The van der Waals surface area contributed by atoms with E-state index in [1.165, 1.54) is 0 Å². The number of aromatic nitrogens is 2. The summed E-state index contributed by atoms with van der Waals surface area (Å²) in [5.74, 6) is -0.840. The minimum absolute atomic E-state index is 0.0362. The highest BCUT2D eigenvalue weighted by Gasteiger charge is 2.23. The number of aryl methyl sites for hydroxylation is 1. The number of benzene rings is 1. The normalized spacial score (nSPS) is 14.2. The summed E-state index contributed by atoms with van der Waals surface area (Å²) in [6.45, 7) is 7.52. The molecule has 1 N–H and O–H groups in total. The molecule has 2 heterocycles. The fourth-order valence-electron chi connectivity index (χ4n) is 3.67. The van der Waals surface area contributed by atoms with Crippen molar-refractivity contribution in [2.24, 2.45) is 0 Å². The lowest BCUT2D eigenvalue weighted by atomic mass is 10.1. The number of hydrogen-bond donors (Lipinski definition) is 1. The number of carbonyl (C=O) groups excluding carboxylic acids is 2. The van der Waals surface area contributed by atoms with Gasteiger partial charge in [-0.2, -0.15) is 5.10 Å². The SMILES string of the molecule is CC(=O)N1CCN(C(=O)c2ccc(-n3nc(C)c(CCC(=O)O)c3C)cc2)CC1. The van der Waals surface area contributed by atoms with Crippen LogP contribution >= 0.6 is 0 Å². The molecule has 0 aliphatic carbocycles. The summed E-state index contributed by atoms with van der Waals surface area (Å²) in [6, 6.07) is 7.25. The maximum atomic E-state index is 12.7. The summed E-state index contributed by atoms with van der Waals surface area (Å²) in [5, 5.41) is 13.5. The Labute approximate surface area is 169 Å². The summed E-state index contributed by atoms with van der Waals surface area (Å²) >= 11 is 0. The Morgan fingerprint density at radius 1 is 1.00 bits per heavy atom. The van der Waals surface area contributed by atoms with Crippen LogP contribution in [0.3, 0.4) is 0 Å². The predicted octanol–water partition coefficient (Wildman–Crippen LogP) is 1.81. The molecule has 2 amide bonds. The van der Waals surface area contributed by atoms with Crippen molar-refractivity contribution in [1.82, 2.24) is 19.6 Å². The molecule has 0 saturated carbocycles. The number of carboxylic acids is 1. The van der Waals surface area contributed by atoms with Crippen LogP contribution < -0.4 is 0 Å². The lowest BCUT2D eigenvalue weighted by Gasteiger charge is -2.34. The van der Waals surface area contributed by atoms with E-state index in [-0.39, 0.29) is 18.2 Å². The highest BCUT2D eigenvalue weighted by molar-refractivity contribution is 5.94. The molecular formula is C21H26N4O4. The molecule has 1 aliphatic heterocycles. The molecule has 3 rings (SSSR count). The minimum atomic E-state index is -0.830. The van der Waals surface area contributed by atoms with Gasteiger partial charge in [-0.15, -0.1) is 0 Å². The van der Waals surface area contributed by atoms with Gasteiger partial charge in [0.2, 0.25) is 5.91 Å². The van der Waals surface area contributed by atoms with Gasteiger partial charge in [0.05, 0.1) is 11.4 Å². The van der Waals surface area contributed by atoms with Crippen LogP contribution in [0.25, 0.3) is 5.69 Å². The first-order valence-corrected chi connectivity index (χ1v) is 9.70. The second-order valence-corrected chi connectivity index (χ2v) is 7.30. The van der Waals surface area contributed by atoms with E-state index in [0.717, 1.165) is 22.6 Å². The van der Waals surface area contributed by atoms with E-state index in [4.69, 9.17) is 5.11 Å². The lowest BCUT2D eigenvalue weighted by Crippen LogP contribution is -2.50. The lowest BCUT2D eigenvalue weighted by molar-refractivity contribution is -0.137. The standard InChI is InChI=1S/C21H26N4O4/c1-14-19(8-9-20(27)28)15(2)25(22-14)18-6-4-17(5-7-18)21(29)24-12-10-23(11-13-24)16(3)26/h4-7H,8-13H2,1-3H3,(H,27,28). The minimum Gasteiger partial charge on any atom is -0.481 e. The number of nitrogens with zero attached hydrogens (tertiary/aromatic N) is 4. The molecule has 0 atom stereocenters. The van der Waals surface area contributed by atoms with Crippen LogP contribution in [0.5, 0.6) is 0 Å². The maximum absolute atomic E-state index is 12.7. The first kappa shape index (κ1) is 20.6. The monoisotopic (exact) mass is 398 g/mol. The van der Waals surface area contributed by atoms with Crippen LogP contribution in [0, 0.1) is 13.8 Å². The third-order valence-electron chi connectivity index (χ3n) is 5.40. The van der Waals surface area contributed by atoms with E-state index in [0.29, 0.717) is 38.2 Å². The second kappa shape index (κ2) is 8.46. The first-order chi connectivity index (χ1) is 13.8. The number of carboxylic acid groups (broad SMARTS) is 1. The van der Waals surface area contributed by atoms with Crippen LogP contribution in [-0.4, -0.2) is 68.6 Å². The molecule has 1 saturated heterocycles. The Morgan fingerprint density at radius 2 is 1.59 bits per heavy atom. The number of amides is 2. The van der Waals surface area contributed by atoms with E-state index in [2.05, 4.69) is 5.10 Å². The Bertz CT molecular complexity index is 925. The summed E-state index contributed by atoms with van der Waals surface area (Å²) in [7, 11) is 0. The molecule has 1 fully saturated rings. The van der Waals surface area contributed by atoms with E-state index >= 15 is 0 Å². The Hall–Kier alpha value is -3.16. The van der Waals surface area contributed by atoms with Crippen LogP contribution in [0.1, 0.15) is 40.7 Å². The molecule has 0 bridgehead atoms. The van der Waals surface area contributed by atoms with Crippen molar-refractivity contribution in [2.45, 2.75) is 33.6 Å². The predicted molar refractivity (Wildman–Crippen MR) is 107 cm³/mol. The van der Waals surface area contributed by atoms with Gasteiger partial charge in [-0.1, -0.05) is 0 Å². The van der Waals surface area contributed by atoms with Gasteiger partial charge in [-0.05, 0) is 50.1 Å². The molecule has 1 aliphatic rings. The molecular weight excluding hydrogens is 372 g/mol. The quantitative estimate of drug-likeness (QED) is 0.829. The largest absolute Gasteiger partial charge is 0.481 e. The topological polar surface area (TPSA) is 95.7 Å². The number of hydrogen-bond acceptors (Lipinski definition) is 4. The zero-order valence-electron chi connectivity index (χ0n) is 17.0. The molecule has 29 heavy (non-hydrogen) atoms. The molecule has 1 aromatic heterocycles.